The Morgan fingerprint density at radius 2 is 1.76 bits per heavy atom. The number of hydrogen-bond acceptors (Lipinski definition) is 8. The topological polar surface area (TPSA) is 113 Å². The first-order chi connectivity index (χ1) is 22.3. The van der Waals surface area contributed by atoms with Gasteiger partial charge in [-0.15, -0.1) is 0 Å². The van der Waals surface area contributed by atoms with E-state index >= 15 is 4.39 Å². The van der Waals surface area contributed by atoms with Gasteiger partial charge in [0.2, 0.25) is 5.82 Å². The molecule has 1 amide bonds. The van der Waals surface area contributed by atoms with E-state index in [1.54, 1.807) is 17.0 Å². The van der Waals surface area contributed by atoms with Gasteiger partial charge in [0.15, 0.2) is 28.8 Å². The van der Waals surface area contributed by atoms with E-state index in [0.29, 0.717) is 80.9 Å². The highest BCUT2D eigenvalue weighted by atomic mass is 19.3. The maximum atomic E-state index is 15.0. The van der Waals surface area contributed by atoms with E-state index in [4.69, 9.17) is 0 Å². The van der Waals surface area contributed by atoms with Crippen molar-refractivity contribution < 1.29 is 31.9 Å². The van der Waals surface area contributed by atoms with Crippen LogP contribution in [0.25, 0.3) is 16.9 Å². The lowest BCUT2D eigenvalue weighted by Crippen LogP contribution is -2.46. The van der Waals surface area contributed by atoms with Crippen molar-refractivity contribution in [1.82, 2.24) is 29.9 Å². The molecule has 2 aromatic carbocycles. The molecule has 6 rings (SSSR count). The molecule has 4 aromatic rings. The van der Waals surface area contributed by atoms with Gasteiger partial charge >= 0.3 is 6.61 Å². The van der Waals surface area contributed by atoms with E-state index in [0.717, 1.165) is 12.1 Å². The molecule has 0 saturated carbocycles. The van der Waals surface area contributed by atoms with Crippen LogP contribution in [0.15, 0.2) is 42.9 Å². The third kappa shape index (κ3) is 6.01. The molecule has 10 nitrogen and oxygen atoms in total. The van der Waals surface area contributed by atoms with Gasteiger partial charge in [-0.2, -0.15) is 13.2 Å². The average Bonchev–Trinajstić information content (AvgIpc) is 3.51. The highest BCUT2D eigenvalue weighted by Gasteiger charge is 2.31. The molecule has 4 heterocycles. The summed E-state index contributed by atoms with van der Waals surface area (Å²) in [6.07, 6.45) is 6.01. The fourth-order valence-electron chi connectivity index (χ4n) is 6.18. The average molecular weight is 640 g/mol. The highest BCUT2D eigenvalue weighted by Crippen LogP contribution is 2.35. The summed E-state index contributed by atoms with van der Waals surface area (Å²) in [6.45, 7) is 2.55. The number of piperazine rings is 1. The number of benzene rings is 2. The van der Waals surface area contributed by atoms with Crippen LogP contribution >= 0.6 is 0 Å². The molecular weight excluding hydrogens is 606 g/mol. The summed E-state index contributed by atoms with van der Waals surface area (Å²) in [7, 11) is 0. The van der Waals surface area contributed by atoms with E-state index in [2.05, 4.69) is 30.7 Å². The van der Waals surface area contributed by atoms with E-state index in [9.17, 15) is 22.8 Å². The summed E-state index contributed by atoms with van der Waals surface area (Å²) in [6, 6.07) is 5.48. The number of imidazole rings is 1. The molecule has 0 radical (unpaired) electrons. The number of aromatic nitrogens is 3. The number of amides is 1. The van der Waals surface area contributed by atoms with Crippen LogP contribution in [0.5, 0.6) is 5.75 Å². The van der Waals surface area contributed by atoms with Crippen LogP contribution in [0.3, 0.4) is 0 Å². The highest BCUT2D eigenvalue weighted by molar-refractivity contribution is 6.08. The Hall–Kier alpha value is -4.56. The monoisotopic (exact) mass is 639 g/mol. The van der Waals surface area contributed by atoms with Crippen LogP contribution in [0.2, 0.25) is 0 Å². The minimum atomic E-state index is -3.32. The second-order valence-corrected chi connectivity index (χ2v) is 11.2. The molecule has 46 heavy (non-hydrogen) atoms. The summed E-state index contributed by atoms with van der Waals surface area (Å²) in [4.78, 5) is 38.4. The molecule has 0 aliphatic carbocycles. The fourth-order valence-corrected chi connectivity index (χ4v) is 6.18. The third-order valence-electron chi connectivity index (χ3n) is 8.48. The summed E-state index contributed by atoms with van der Waals surface area (Å²) in [5, 5.41) is 9.78. The third-order valence-corrected chi connectivity index (χ3v) is 8.48. The number of ether oxygens (including phenoxy) is 1. The number of piperidine rings is 1. The molecule has 2 aliphatic rings. The quantitative estimate of drug-likeness (QED) is 0.177. The van der Waals surface area contributed by atoms with Gasteiger partial charge < -0.3 is 25.6 Å². The van der Waals surface area contributed by atoms with Crippen molar-refractivity contribution in [3.63, 3.8) is 0 Å². The number of fused-ring (bicyclic) bond motifs is 1. The molecule has 3 N–H and O–H groups in total. The minimum Gasteiger partial charge on any atom is -0.432 e. The number of carbonyl (C=O) groups is 2. The van der Waals surface area contributed by atoms with Gasteiger partial charge in [-0.25, -0.2) is 14.4 Å². The Kier molecular flexibility index (Phi) is 9.17. The van der Waals surface area contributed by atoms with Crippen LogP contribution in [-0.2, 0) is 6.42 Å². The van der Waals surface area contributed by atoms with Crippen LogP contribution in [-0.4, -0.2) is 76.8 Å². The summed E-state index contributed by atoms with van der Waals surface area (Å²) < 4.78 is 60.4. The standard InChI is InChI=1S/C32H33F4N7O3/c1-2-19-20(31(45)42-14-11-38-12-15-42)3-5-22(25(19)28(44)18-7-9-37-10-8-18)41-29-30-40-17-23(43(30)16-13-39-29)21-4-6-24(46-32(35)36)27(34)26(21)33/h3-6,13,16-18,32,37-38H,2,7-12,14-15H2,1H3,(H,39,41). The molecule has 0 spiro atoms. The Balaban J connectivity index is 1.41. The summed E-state index contributed by atoms with van der Waals surface area (Å²) >= 11 is 0. The fraction of sp³-hybridized carbons (Fsp3) is 0.375. The normalized spacial score (nSPS) is 15.8. The van der Waals surface area contributed by atoms with Crippen molar-refractivity contribution in [1.29, 1.82) is 0 Å². The lowest BCUT2D eigenvalue weighted by atomic mass is 9.84. The maximum Gasteiger partial charge on any atom is 0.387 e. The summed E-state index contributed by atoms with van der Waals surface area (Å²) in [5.41, 5.74) is 2.16. The van der Waals surface area contributed by atoms with E-state index in [-0.39, 0.29) is 40.3 Å². The van der Waals surface area contributed by atoms with Crippen LogP contribution in [0.4, 0.5) is 29.1 Å². The smallest absolute Gasteiger partial charge is 0.387 e. The van der Waals surface area contributed by atoms with E-state index in [1.165, 1.54) is 23.0 Å². The Morgan fingerprint density at radius 3 is 2.48 bits per heavy atom. The number of alkyl halides is 2. The number of carbonyl (C=O) groups excluding carboxylic acids is 2. The van der Waals surface area contributed by atoms with E-state index < -0.39 is 24.0 Å². The van der Waals surface area contributed by atoms with Gasteiger partial charge in [-0.3, -0.25) is 14.0 Å². The van der Waals surface area contributed by atoms with Crippen molar-refractivity contribution in [2.75, 3.05) is 44.6 Å². The minimum absolute atomic E-state index is 0.0598. The van der Waals surface area contributed by atoms with Crippen LogP contribution < -0.4 is 20.7 Å². The van der Waals surface area contributed by atoms with Gasteiger partial charge in [0.05, 0.1) is 17.6 Å². The Labute approximate surface area is 262 Å². The lowest BCUT2D eigenvalue weighted by Gasteiger charge is -2.29. The van der Waals surface area contributed by atoms with Crippen molar-refractivity contribution in [2.45, 2.75) is 32.8 Å². The second kappa shape index (κ2) is 13.4. The first-order valence-corrected chi connectivity index (χ1v) is 15.2. The van der Waals surface area contributed by atoms with Gasteiger partial charge in [0, 0.05) is 61.2 Å². The van der Waals surface area contributed by atoms with Gasteiger partial charge in [-0.05, 0) is 62.2 Å². The zero-order valence-electron chi connectivity index (χ0n) is 25.1. The number of anilines is 2. The lowest BCUT2D eigenvalue weighted by molar-refractivity contribution is -0.0525. The molecule has 2 saturated heterocycles. The summed E-state index contributed by atoms with van der Waals surface area (Å²) in [5.74, 6) is -4.02. The molecule has 2 aromatic heterocycles. The molecule has 14 heteroatoms. The molecular formula is C32H33F4N7O3. The number of nitrogens with one attached hydrogen (secondary N) is 3. The number of ketones is 1. The molecule has 0 unspecified atom stereocenters. The Bertz CT molecular complexity index is 1770. The molecule has 0 bridgehead atoms. The number of nitrogens with zero attached hydrogens (tertiary/aromatic N) is 4. The first kappa shape index (κ1) is 31.4. The molecule has 2 aliphatic heterocycles. The molecule has 242 valence electrons. The van der Waals surface area contributed by atoms with Crippen molar-refractivity contribution in [3.05, 3.63) is 71.2 Å². The van der Waals surface area contributed by atoms with Crippen LogP contribution in [0.1, 0.15) is 46.0 Å². The first-order valence-electron chi connectivity index (χ1n) is 15.2. The van der Waals surface area contributed by atoms with Crippen molar-refractivity contribution in [2.24, 2.45) is 5.92 Å². The number of rotatable bonds is 9. The van der Waals surface area contributed by atoms with Gasteiger partial charge in [0.1, 0.15) is 0 Å². The largest absolute Gasteiger partial charge is 0.432 e. The van der Waals surface area contributed by atoms with Gasteiger partial charge in [-0.1, -0.05) is 6.92 Å². The second-order valence-electron chi connectivity index (χ2n) is 11.2. The zero-order valence-corrected chi connectivity index (χ0v) is 25.1. The Morgan fingerprint density at radius 1 is 1.02 bits per heavy atom. The van der Waals surface area contributed by atoms with Crippen molar-refractivity contribution in [3.8, 4) is 17.0 Å². The SMILES string of the molecule is CCc1c(C(=O)N2CCNCC2)ccc(Nc2nccn3c(-c4ccc(OC(F)F)c(F)c4F)cnc23)c1C(=O)C1CCNCC1. The number of halogens is 4. The van der Waals surface area contributed by atoms with Crippen LogP contribution in [0, 0.1) is 17.6 Å². The number of hydrogen-bond donors (Lipinski definition) is 3. The maximum absolute atomic E-state index is 15.0. The van der Waals surface area contributed by atoms with Crippen molar-refractivity contribution >= 4 is 28.8 Å². The zero-order chi connectivity index (χ0) is 32.4. The predicted octanol–water partition coefficient (Wildman–Crippen LogP) is 4.81. The van der Waals surface area contributed by atoms with Gasteiger partial charge in [0.25, 0.3) is 5.91 Å². The van der Waals surface area contributed by atoms with E-state index in [1.807, 2.05) is 6.92 Å². The molecule has 2 fully saturated rings. The predicted molar refractivity (Wildman–Crippen MR) is 163 cm³/mol. The molecule has 0 atom stereocenters. The number of Topliss-reactive ketones (excluding diaryl/α,β-unsaturated/α-hetero) is 1.